The molecule has 0 aromatic carbocycles. The first-order valence-corrected chi connectivity index (χ1v) is 2.56. The highest BCUT2D eigenvalue weighted by Gasteiger charge is 2.01. The Morgan fingerprint density at radius 1 is 1.78 bits per heavy atom. The minimum absolute atomic E-state index is 0.0978. The summed E-state index contributed by atoms with van der Waals surface area (Å²) in [5, 5.41) is 11.5. The van der Waals surface area contributed by atoms with Crippen LogP contribution >= 0.6 is 0 Å². The molecule has 52 valence electrons. The maximum atomic E-state index is 11.5. The number of azide groups is 1. The fourth-order valence-corrected chi connectivity index (χ4v) is 0.385. The maximum Gasteiger partial charge on any atom is 0.0899 e. The third kappa shape index (κ3) is 3.76. The predicted octanol–water partition coefficient (Wildman–Crippen LogP) is 1.02. The third-order valence-electron chi connectivity index (χ3n) is 0.868. The summed E-state index contributed by atoms with van der Waals surface area (Å²) in [5.74, 6) is 0. The average molecular weight is 133 g/mol. The number of aliphatic hydroxyl groups is 1. The maximum absolute atomic E-state index is 11.5. The summed E-state index contributed by atoms with van der Waals surface area (Å²) >= 11 is 0. The highest BCUT2D eigenvalue weighted by Crippen LogP contribution is 1.96. The van der Waals surface area contributed by atoms with E-state index in [1.165, 1.54) is 0 Å². The third-order valence-corrected chi connectivity index (χ3v) is 0.868. The van der Waals surface area contributed by atoms with Crippen molar-refractivity contribution in [2.45, 2.75) is 12.5 Å². The molecule has 0 amide bonds. The number of rotatable bonds is 4. The van der Waals surface area contributed by atoms with Crippen LogP contribution in [0.15, 0.2) is 5.11 Å². The van der Waals surface area contributed by atoms with E-state index in [1.807, 2.05) is 0 Å². The van der Waals surface area contributed by atoms with Gasteiger partial charge in [-0.15, -0.1) is 0 Å². The van der Waals surface area contributed by atoms with Crippen LogP contribution in [0.5, 0.6) is 0 Å². The second-order valence-electron chi connectivity index (χ2n) is 1.52. The molecule has 0 aliphatic rings. The van der Waals surface area contributed by atoms with Crippen LogP contribution in [0.3, 0.4) is 0 Å². The molecule has 1 atom stereocenters. The summed E-state index contributed by atoms with van der Waals surface area (Å²) in [4.78, 5) is 2.42. The molecule has 4 nitrogen and oxygen atoms in total. The first-order chi connectivity index (χ1) is 4.35. The molecular weight excluding hydrogens is 125 g/mol. The predicted molar refractivity (Wildman–Crippen MR) is 30.6 cm³/mol. The second-order valence-corrected chi connectivity index (χ2v) is 1.52. The molecule has 0 rings (SSSR count). The van der Waals surface area contributed by atoms with E-state index in [1.54, 1.807) is 0 Å². The minimum Gasteiger partial charge on any atom is -0.396 e. The first-order valence-electron chi connectivity index (χ1n) is 2.56. The van der Waals surface area contributed by atoms with Crippen molar-refractivity contribution in [1.82, 2.24) is 0 Å². The highest BCUT2D eigenvalue weighted by molar-refractivity contribution is 4.63. The highest BCUT2D eigenvalue weighted by atomic mass is 19.1. The number of alkyl halides is 1. The van der Waals surface area contributed by atoms with Crippen molar-refractivity contribution >= 4 is 0 Å². The van der Waals surface area contributed by atoms with E-state index in [0.29, 0.717) is 0 Å². The van der Waals surface area contributed by atoms with Gasteiger partial charge in [0.05, 0.1) is 19.3 Å². The SMILES string of the molecule is [N-]=[N+]=NC(CO)CCF. The van der Waals surface area contributed by atoms with Crippen LogP contribution in [0.2, 0.25) is 0 Å². The Balaban J connectivity index is 3.53. The van der Waals surface area contributed by atoms with Gasteiger partial charge in [0, 0.05) is 4.91 Å². The van der Waals surface area contributed by atoms with Crippen LogP contribution in [0.4, 0.5) is 4.39 Å². The standard InChI is InChI=1S/C4H8FN3O/c5-2-1-4(3-9)7-8-6/h4,9H,1-3H2. The van der Waals surface area contributed by atoms with Gasteiger partial charge in [-0.2, -0.15) is 0 Å². The Hall–Kier alpha value is -0.800. The van der Waals surface area contributed by atoms with Gasteiger partial charge in [-0.05, 0) is 12.0 Å². The zero-order chi connectivity index (χ0) is 7.11. The summed E-state index contributed by atoms with van der Waals surface area (Å²) in [6.07, 6.45) is 0.0978. The van der Waals surface area contributed by atoms with Crippen LogP contribution < -0.4 is 0 Å². The van der Waals surface area contributed by atoms with Crippen LogP contribution in [0.1, 0.15) is 6.42 Å². The largest absolute Gasteiger partial charge is 0.396 e. The van der Waals surface area contributed by atoms with Gasteiger partial charge in [0.15, 0.2) is 0 Å². The average Bonchev–Trinajstić information content (AvgIpc) is 1.88. The fourth-order valence-electron chi connectivity index (χ4n) is 0.385. The molecule has 0 radical (unpaired) electrons. The van der Waals surface area contributed by atoms with E-state index >= 15 is 0 Å². The summed E-state index contributed by atoms with van der Waals surface area (Å²) in [6.45, 7) is -0.849. The van der Waals surface area contributed by atoms with Gasteiger partial charge in [-0.25, -0.2) is 0 Å². The molecule has 0 aromatic heterocycles. The van der Waals surface area contributed by atoms with Crippen LogP contribution in [0, 0.1) is 0 Å². The molecular formula is C4H8FN3O. The molecule has 9 heavy (non-hydrogen) atoms. The Labute approximate surface area is 51.9 Å². The van der Waals surface area contributed by atoms with E-state index in [9.17, 15) is 4.39 Å². The van der Waals surface area contributed by atoms with E-state index in [0.717, 1.165) is 0 Å². The smallest absolute Gasteiger partial charge is 0.0899 e. The zero-order valence-corrected chi connectivity index (χ0v) is 4.87. The Morgan fingerprint density at radius 3 is 2.78 bits per heavy atom. The lowest BCUT2D eigenvalue weighted by Crippen LogP contribution is -2.09. The van der Waals surface area contributed by atoms with Crippen molar-refractivity contribution in [1.29, 1.82) is 0 Å². The molecule has 0 bridgehead atoms. The molecule has 1 unspecified atom stereocenters. The molecule has 0 aliphatic carbocycles. The Bertz CT molecular complexity index is 112. The molecule has 1 N–H and O–H groups in total. The van der Waals surface area contributed by atoms with E-state index in [4.69, 9.17) is 10.6 Å². The van der Waals surface area contributed by atoms with E-state index in [-0.39, 0.29) is 13.0 Å². The first kappa shape index (κ1) is 8.20. The number of hydrogen-bond acceptors (Lipinski definition) is 2. The molecule has 0 aliphatic heterocycles. The van der Waals surface area contributed by atoms with Gasteiger partial charge >= 0.3 is 0 Å². The quantitative estimate of drug-likeness (QED) is 0.347. The van der Waals surface area contributed by atoms with Gasteiger partial charge in [0.2, 0.25) is 0 Å². The van der Waals surface area contributed by atoms with Crippen molar-refractivity contribution in [2.75, 3.05) is 13.3 Å². The topological polar surface area (TPSA) is 69.0 Å². The number of halogens is 1. The van der Waals surface area contributed by atoms with Gasteiger partial charge in [0.1, 0.15) is 0 Å². The molecule has 0 saturated heterocycles. The van der Waals surface area contributed by atoms with Crippen molar-refractivity contribution in [3.05, 3.63) is 10.4 Å². The van der Waals surface area contributed by atoms with Crippen LogP contribution in [-0.4, -0.2) is 24.4 Å². The summed E-state index contributed by atoms with van der Waals surface area (Å²) in [5.41, 5.74) is 7.82. The number of aliphatic hydroxyl groups excluding tert-OH is 1. The molecule has 0 aromatic rings. The number of hydrogen-bond donors (Lipinski definition) is 1. The molecule has 0 saturated carbocycles. The summed E-state index contributed by atoms with van der Waals surface area (Å²) < 4.78 is 11.5. The molecule has 0 spiro atoms. The van der Waals surface area contributed by atoms with Crippen LogP contribution in [-0.2, 0) is 0 Å². The minimum atomic E-state index is -0.597. The zero-order valence-electron chi connectivity index (χ0n) is 4.87. The molecule has 0 heterocycles. The normalized spacial score (nSPS) is 12.2. The van der Waals surface area contributed by atoms with Crippen molar-refractivity contribution in [3.8, 4) is 0 Å². The van der Waals surface area contributed by atoms with E-state index < -0.39 is 12.7 Å². The van der Waals surface area contributed by atoms with Gasteiger partial charge in [0.25, 0.3) is 0 Å². The second kappa shape index (κ2) is 5.34. The fraction of sp³-hybridized carbons (Fsp3) is 1.00. The summed E-state index contributed by atoms with van der Waals surface area (Å²) in [6, 6.07) is -0.597. The Morgan fingerprint density at radius 2 is 2.44 bits per heavy atom. The molecule has 5 heteroatoms. The van der Waals surface area contributed by atoms with E-state index in [2.05, 4.69) is 10.0 Å². The van der Waals surface area contributed by atoms with Crippen molar-refractivity contribution < 1.29 is 9.50 Å². The van der Waals surface area contributed by atoms with Crippen molar-refractivity contribution in [2.24, 2.45) is 5.11 Å². The lowest BCUT2D eigenvalue weighted by Gasteiger charge is -2.00. The lowest BCUT2D eigenvalue weighted by molar-refractivity contribution is 0.251. The van der Waals surface area contributed by atoms with Gasteiger partial charge < -0.3 is 5.11 Å². The number of nitrogens with zero attached hydrogens (tertiary/aromatic N) is 3. The molecule has 0 fully saturated rings. The monoisotopic (exact) mass is 133 g/mol. The van der Waals surface area contributed by atoms with Gasteiger partial charge in [-0.3, -0.25) is 4.39 Å². The lowest BCUT2D eigenvalue weighted by atomic mass is 10.2. The van der Waals surface area contributed by atoms with Crippen molar-refractivity contribution in [3.63, 3.8) is 0 Å². The Kier molecular flexibility index (Phi) is 4.86. The summed E-state index contributed by atoms with van der Waals surface area (Å²) in [7, 11) is 0. The van der Waals surface area contributed by atoms with Gasteiger partial charge in [-0.1, -0.05) is 5.11 Å². The van der Waals surface area contributed by atoms with Crippen LogP contribution in [0.25, 0.3) is 10.4 Å².